The molecule has 102 valence electrons. The van der Waals surface area contributed by atoms with Crippen molar-refractivity contribution in [1.82, 2.24) is 20.9 Å². The Kier molecular flexibility index (Phi) is 3.59. The Labute approximate surface area is 107 Å². The van der Waals surface area contributed by atoms with Crippen molar-refractivity contribution < 1.29 is 9.59 Å². The van der Waals surface area contributed by atoms with Crippen molar-refractivity contribution in [3.63, 3.8) is 0 Å². The Balaban J connectivity index is 2.06. The van der Waals surface area contributed by atoms with Crippen molar-refractivity contribution in [3.8, 4) is 0 Å². The normalized spacial score (nSPS) is 31.9. The highest BCUT2D eigenvalue weighted by atomic mass is 16.2. The van der Waals surface area contributed by atoms with E-state index in [0.29, 0.717) is 25.7 Å². The first-order valence-electron chi connectivity index (χ1n) is 6.49. The van der Waals surface area contributed by atoms with Crippen LogP contribution >= 0.6 is 0 Å². The maximum Gasteiger partial charge on any atom is 0.245 e. The minimum atomic E-state index is -0.764. The molecule has 6 heteroatoms. The summed E-state index contributed by atoms with van der Waals surface area (Å²) >= 11 is 0. The second-order valence-corrected chi connectivity index (χ2v) is 5.57. The molecule has 2 atom stereocenters. The first-order chi connectivity index (χ1) is 8.43. The fourth-order valence-electron chi connectivity index (χ4n) is 2.43. The van der Waals surface area contributed by atoms with E-state index in [1.54, 1.807) is 18.7 Å². The lowest BCUT2D eigenvalue weighted by Crippen LogP contribution is -2.68. The van der Waals surface area contributed by atoms with Crippen LogP contribution in [-0.2, 0) is 9.59 Å². The standard InChI is InChI=1S/C12H22N4O2/c1-8-6-15-9(7-14-8)10(17)16-5-4-13-11(18)12(16,2)3/h8-9,14-15H,4-7H2,1-3H3,(H,13,18). The van der Waals surface area contributed by atoms with Crippen LogP contribution < -0.4 is 16.0 Å². The number of hydrogen-bond acceptors (Lipinski definition) is 4. The molecule has 2 fully saturated rings. The van der Waals surface area contributed by atoms with Crippen LogP contribution in [0.3, 0.4) is 0 Å². The predicted octanol–water partition coefficient (Wildman–Crippen LogP) is -1.33. The fraction of sp³-hybridized carbons (Fsp3) is 0.833. The SMILES string of the molecule is CC1CNC(C(=O)N2CCNC(=O)C2(C)C)CN1. The van der Waals surface area contributed by atoms with Crippen LogP contribution in [0.5, 0.6) is 0 Å². The molecule has 3 N–H and O–H groups in total. The van der Waals surface area contributed by atoms with E-state index < -0.39 is 5.54 Å². The van der Waals surface area contributed by atoms with E-state index in [9.17, 15) is 9.59 Å². The second kappa shape index (κ2) is 4.85. The van der Waals surface area contributed by atoms with Crippen LogP contribution in [-0.4, -0.2) is 60.5 Å². The lowest BCUT2D eigenvalue weighted by atomic mass is 9.97. The molecule has 0 aliphatic carbocycles. The van der Waals surface area contributed by atoms with Gasteiger partial charge in [0.15, 0.2) is 0 Å². The Morgan fingerprint density at radius 3 is 2.67 bits per heavy atom. The number of carbonyl (C=O) groups excluding carboxylic acids is 2. The van der Waals surface area contributed by atoms with Gasteiger partial charge in [0.1, 0.15) is 5.54 Å². The molecule has 0 radical (unpaired) electrons. The molecule has 0 aromatic rings. The molecule has 2 saturated heterocycles. The molecule has 2 unspecified atom stereocenters. The van der Waals surface area contributed by atoms with Gasteiger partial charge in [0, 0.05) is 32.2 Å². The van der Waals surface area contributed by atoms with Gasteiger partial charge in [-0.25, -0.2) is 0 Å². The Morgan fingerprint density at radius 1 is 1.33 bits per heavy atom. The smallest absolute Gasteiger partial charge is 0.245 e. The van der Waals surface area contributed by atoms with E-state index in [-0.39, 0.29) is 17.9 Å². The molecule has 2 rings (SSSR count). The topological polar surface area (TPSA) is 73.5 Å². The molecule has 18 heavy (non-hydrogen) atoms. The number of hydrogen-bond donors (Lipinski definition) is 3. The summed E-state index contributed by atoms with van der Waals surface area (Å²) in [6.07, 6.45) is 0. The van der Waals surface area contributed by atoms with Crippen molar-refractivity contribution in [2.75, 3.05) is 26.2 Å². The molecule has 2 aliphatic rings. The van der Waals surface area contributed by atoms with Crippen molar-refractivity contribution >= 4 is 11.8 Å². The summed E-state index contributed by atoms with van der Waals surface area (Å²) in [5.74, 6) is -0.0755. The fourth-order valence-corrected chi connectivity index (χ4v) is 2.43. The van der Waals surface area contributed by atoms with Gasteiger partial charge in [0.05, 0.1) is 6.04 Å². The summed E-state index contributed by atoms with van der Waals surface area (Å²) in [5.41, 5.74) is -0.764. The summed E-state index contributed by atoms with van der Waals surface area (Å²) in [5, 5.41) is 9.31. The van der Waals surface area contributed by atoms with Crippen LogP contribution in [0.1, 0.15) is 20.8 Å². The molecule has 2 heterocycles. The zero-order valence-electron chi connectivity index (χ0n) is 11.2. The zero-order chi connectivity index (χ0) is 13.3. The summed E-state index contributed by atoms with van der Waals surface area (Å²) < 4.78 is 0. The van der Waals surface area contributed by atoms with Gasteiger partial charge < -0.3 is 20.9 Å². The quantitative estimate of drug-likeness (QED) is 0.542. The molecule has 2 amide bonds. The van der Waals surface area contributed by atoms with E-state index in [1.807, 2.05) is 0 Å². The van der Waals surface area contributed by atoms with E-state index >= 15 is 0 Å². The van der Waals surface area contributed by atoms with Crippen molar-refractivity contribution in [2.45, 2.75) is 38.4 Å². The number of amides is 2. The van der Waals surface area contributed by atoms with Gasteiger partial charge in [0.2, 0.25) is 11.8 Å². The van der Waals surface area contributed by atoms with E-state index in [2.05, 4.69) is 22.9 Å². The molecule has 0 spiro atoms. The van der Waals surface area contributed by atoms with Crippen LogP contribution in [0.4, 0.5) is 0 Å². The Hall–Kier alpha value is -1.14. The highest BCUT2D eigenvalue weighted by Crippen LogP contribution is 2.19. The molecular weight excluding hydrogens is 232 g/mol. The lowest BCUT2D eigenvalue weighted by molar-refractivity contribution is -0.150. The third kappa shape index (κ3) is 2.35. The van der Waals surface area contributed by atoms with Gasteiger partial charge in [0.25, 0.3) is 0 Å². The van der Waals surface area contributed by atoms with E-state index in [0.717, 1.165) is 6.54 Å². The number of nitrogens with one attached hydrogen (secondary N) is 3. The van der Waals surface area contributed by atoms with Gasteiger partial charge >= 0.3 is 0 Å². The van der Waals surface area contributed by atoms with Crippen LogP contribution in [0.2, 0.25) is 0 Å². The summed E-state index contributed by atoms with van der Waals surface area (Å²) in [7, 11) is 0. The van der Waals surface area contributed by atoms with Crippen molar-refractivity contribution in [1.29, 1.82) is 0 Å². The average Bonchev–Trinajstić information content (AvgIpc) is 2.33. The second-order valence-electron chi connectivity index (χ2n) is 5.57. The predicted molar refractivity (Wildman–Crippen MR) is 68.1 cm³/mol. The lowest BCUT2D eigenvalue weighted by Gasteiger charge is -2.43. The monoisotopic (exact) mass is 254 g/mol. The molecular formula is C12H22N4O2. The van der Waals surface area contributed by atoms with Crippen LogP contribution in [0.15, 0.2) is 0 Å². The van der Waals surface area contributed by atoms with Gasteiger partial charge in [-0.2, -0.15) is 0 Å². The third-order valence-electron chi connectivity index (χ3n) is 3.76. The highest BCUT2D eigenvalue weighted by Gasteiger charge is 2.42. The molecule has 0 aromatic carbocycles. The summed E-state index contributed by atoms with van der Waals surface area (Å²) in [6.45, 7) is 8.16. The van der Waals surface area contributed by atoms with Crippen molar-refractivity contribution in [3.05, 3.63) is 0 Å². The maximum absolute atomic E-state index is 12.5. The average molecular weight is 254 g/mol. The first-order valence-corrected chi connectivity index (χ1v) is 6.49. The molecule has 6 nitrogen and oxygen atoms in total. The summed E-state index contributed by atoms with van der Waals surface area (Å²) in [4.78, 5) is 26.0. The van der Waals surface area contributed by atoms with E-state index in [1.165, 1.54) is 0 Å². The minimum absolute atomic E-state index is 0.00856. The Morgan fingerprint density at radius 2 is 2.06 bits per heavy atom. The van der Waals surface area contributed by atoms with Gasteiger partial charge in [-0.1, -0.05) is 0 Å². The Bertz CT molecular complexity index is 348. The molecule has 0 bridgehead atoms. The minimum Gasteiger partial charge on any atom is -0.352 e. The molecule has 2 aliphatic heterocycles. The van der Waals surface area contributed by atoms with Crippen molar-refractivity contribution in [2.24, 2.45) is 0 Å². The number of piperazine rings is 2. The highest BCUT2D eigenvalue weighted by molar-refractivity contribution is 5.93. The number of rotatable bonds is 1. The zero-order valence-corrected chi connectivity index (χ0v) is 11.2. The molecule has 0 aromatic heterocycles. The van der Waals surface area contributed by atoms with E-state index in [4.69, 9.17) is 0 Å². The number of nitrogens with zero attached hydrogens (tertiary/aromatic N) is 1. The van der Waals surface area contributed by atoms with Gasteiger partial charge in [-0.05, 0) is 20.8 Å². The van der Waals surface area contributed by atoms with Crippen LogP contribution in [0, 0.1) is 0 Å². The van der Waals surface area contributed by atoms with Gasteiger partial charge in [-0.3, -0.25) is 9.59 Å². The largest absolute Gasteiger partial charge is 0.352 e. The van der Waals surface area contributed by atoms with Gasteiger partial charge in [-0.15, -0.1) is 0 Å². The number of carbonyl (C=O) groups is 2. The first kappa shape index (κ1) is 13.3. The maximum atomic E-state index is 12.5. The van der Waals surface area contributed by atoms with Crippen LogP contribution in [0.25, 0.3) is 0 Å². The third-order valence-corrected chi connectivity index (χ3v) is 3.76. The summed E-state index contributed by atoms with van der Waals surface area (Å²) in [6, 6.07) is 0.151. The molecule has 0 saturated carbocycles.